The van der Waals surface area contributed by atoms with Crippen molar-refractivity contribution in [2.24, 2.45) is 16.6 Å². The molecule has 1 saturated carbocycles. The number of nitrogens with two attached hydrogens (primary N) is 1. The second kappa shape index (κ2) is 11.6. The summed E-state index contributed by atoms with van der Waals surface area (Å²) in [5.74, 6) is 2.97. The number of nitrogens with zero attached hydrogens (tertiary/aromatic N) is 2. The molecule has 188 valence electrons. The molecule has 2 atom stereocenters. The SMILES string of the molecule is CC(NCCC(C1CCCCC1)N1Cc2cc(Oc3ccccc3)ccc2N=C1N)c1ccccc1. The molecule has 3 aromatic carbocycles. The summed E-state index contributed by atoms with van der Waals surface area (Å²) < 4.78 is 6.11. The van der Waals surface area contributed by atoms with Gasteiger partial charge < -0.3 is 20.7 Å². The quantitative estimate of drug-likeness (QED) is 0.347. The van der Waals surface area contributed by atoms with Gasteiger partial charge in [-0.15, -0.1) is 0 Å². The summed E-state index contributed by atoms with van der Waals surface area (Å²) >= 11 is 0. The van der Waals surface area contributed by atoms with Crippen molar-refractivity contribution in [3.63, 3.8) is 0 Å². The molecule has 5 nitrogen and oxygen atoms in total. The van der Waals surface area contributed by atoms with Gasteiger partial charge in [0, 0.05) is 24.2 Å². The highest BCUT2D eigenvalue weighted by molar-refractivity contribution is 5.84. The van der Waals surface area contributed by atoms with E-state index in [9.17, 15) is 0 Å². The molecule has 3 aromatic rings. The van der Waals surface area contributed by atoms with Crippen molar-refractivity contribution in [1.82, 2.24) is 10.2 Å². The van der Waals surface area contributed by atoms with Gasteiger partial charge in [-0.1, -0.05) is 67.8 Å². The predicted octanol–water partition coefficient (Wildman–Crippen LogP) is 6.93. The summed E-state index contributed by atoms with van der Waals surface area (Å²) in [6, 6.07) is 27.4. The van der Waals surface area contributed by atoms with Crippen molar-refractivity contribution < 1.29 is 4.74 Å². The minimum Gasteiger partial charge on any atom is -0.457 e. The minimum atomic E-state index is 0.323. The van der Waals surface area contributed by atoms with Gasteiger partial charge in [0.15, 0.2) is 5.96 Å². The van der Waals surface area contributed by atoms with Crippen LogP contribution in [0, 0.1) is 5.92 Å². The van der Waals surface area contributed by atoms with Crippen molar-refractivity contribution in [3.8, 4) is 11.5 Å². The third kappa shape index (κ3) is 5.90. The normalized spacial score (nSPS) is 17.7. The number of ether oxygens (including phenoxy) is 1. The molecule has 3 N–H and O–H groups in total. The molecule has 0 spiro atoms. The predicted molar refractivity (Wildman–Crippen MR) is 148 cm³/mol. The lowest BCUT2D eigenvalue weighted by Crippen LogP contribution is -2.50. The lowest BCUT2D eigenvalue weighted by molar-refractivity contribution is 0.163. The molecule has 5 heteroatoms. The fourth-order valence-electron chi connectivity index (χ4n) is 5.70. The van der Waals surface area contributed by atoms with Gasteiger partial charge in [-0.2, -0.15) is 0 Å². The molecule has 1 heterocycles. The summed E-state index contributed by atoms with van der Waals surface area (Å²) in [5, 5.41) is 3.75. The molecule has 5 rings (SSSR count). The molecule has 0 radical (unpaired) electrons. The van der Waals surface area contributed by atoms with E-state index in [1.165, 1.54) is 43.2 Å². The lowest BCUT2D eigenvalue weighted by Gasteiger charge is -2.41. The van der Waals surface area contributed by atoms with Crippen LogP contribution in [-0.4, -0.2) is 23.4 Å². The first kappa shape index (κ1) is 24.4. The van der Waals surface area contributed by atoms with E-state index < -0.39 is 0 Å². The van der Waals surface area contributed by atoms with Gasteiger partial charge in [0.25, 0.3) is 0 Å². The van der Waals surface area contributed by atoms with Crippen molar-refractivity contribution >= 4 is 11.6 Å². The van der Waals surface area contributed by atoms with E-state index in [1.54, 1.807) is 0 Å². The van der Waals surface area contributed by atoms with Gasteiger partial charge in [-0.05, 0) is 74.5 Å². The molecular weight excluding hydrogens is 444 g/mol. The van der Waals surface area contributed by atoms with Crippen LogP contribution in [0.5, 0.6) is 11.5 Å². The molecule has 0 amide bonds. The number of hydrogen-bond acceptors (Lipinski definition) is 5. The Labute approximate surface area is 215 Å². The Kier molecular flexibility index (Phi) is 7.87. The number of benzene rings is 3. The highest BCUT2D eigenvalue weighted by Crippen LogP contribution is 2.36. The largest absolute Gasteiger partial charge is 0.457 e. The lowest BCUT2D eigenvalue weighted by atomic mass is 9.81. The molecule has 1 fully saturated rings. The fourth-order valence-corrected chi connectivity index (χ4v) is 5.70. The van der Waals surface area contributed by atoms with E-state index >= 15 is 0 Å². The Morgan fingerprint density at radius 1 is 0.944 bits per heavy atom. The van der Waals surface area contributed by atoms with E-state index in [1.807, 2.05) is 42.5 Å². The Bertz CT molecular complexity index is 1140. The maximum atomic E-state index is 6.61. The van der Waals surface area contributed by atoms with Crippen LogP contribution >= 0.6 is 0 Å². The topological polar surface area (TPSA) is 62.9 Å². The first-order valence-electron chi connectivity index (χ1n) is 13.4. The van der Waals surface area contributed by atoms with Crippen LogP contribution in [0.2, 0.25) is 0 Å². The summed E-state index contributed by atoms with van der Waals surface area (Å²) in [6.07, 6.45) is 7.56. The second-order valence-corrected chi connectivity index (χ2v) is 10.1. The Hall–Kier alpha value is -3.31. The van der Waals surface area contributed by atoms with E-state index in [4.69, 9.17) is 15.5 Å². The molecule has 2 unspecified atom stereocenters. The smallest absolute Gasteiger partial charge is 0.197 e. The van der Waals surface area contributed by atoms with Crippen molar-refractivity contribution in [2.45, 2.75) is 64.1 Å². The second-order valence-electron chi connectivity index (χ2n) is 10.1. The highest BCUT2D eigenvalue weighted by Gasteiger charge is 2.32. The van der Waals surface area contributed by atoms with Gasteiger partial charge in [0.1, 0.15) is 11.5 Å². The minimum absolute atomic E-state index is 0.323. The zero-order valence-corrected chi connectivity index (χ0v) is 21.3. The highest BCUT2D eigenvalue weighted by atomic mass is 16.5. The zero-order chi connectivity index (χ0) is 24.7. The van der Waals surface area contributed by atoms with Gasteiger partial charge in [0.05, 0.1) is 5.69 Å². The van der Waals surface area contributed by atoms with Crippen molar-refractivity contribution in [2.75, 3.05) is 6.54 Å². The number of aliphatic imine (C=N–C) groups is 1. The molecule has 0 saturated heterocycles. The zero-order valence-electron chi connectivity index (χ0n) is 21.3. The molecule has 0 bridgehead atoms. The molecular formula is C31H38N4O. The van der Waals surface area contributed by atoms with Crippen LogP contribution in [0.4, 0.5) is 5.69 Å². The standard InChI is InChI=1S/C31H38N4O/c1-23(24-11-5-2-6-12-24)33-20-19-30(25-13-7-3-8-14-25)35-22-26-21-28(17-18-29(26)34-31(35)32)36-27-15-9-4-10-16-27/h2,4-6,9-12,15-18,21,23,25,30,33H,3,7-8,13-14,19-20,22H2,1H3,(H2,32,34). The number of para-hydroxylation sites is 1. The number of rotatable bonds is 9. The summed E-state index contributed by atoms with van der Waals surface area (Å²) in [4.78, 5) is 7.19. The number of nitrogens with one attached hydrogen (secondary N) is 1. The number of hydrogen-bond donors (Lipinski definition) is 2. The Morgan fingerprint density at radius 3 is 2.42 bits per heavy atom. The average Bonchev–Trinajstić information content (AvgIpc) is 2.92. The molecule has 0 aromatic heterocycles. The maximum Gasteiger partial charge on any atom is 0.197 e. The van der Waals surface area contributed by atoms with Gasteiger partial charge in [-0.3, -0.25) is 0 Å². The first-order valence-corrected chi connectivity index (χ1v) is 13.4. The van der Waals surface area contributed by atoms with Crippen LogP contribution < -0.4 is 15.8 Å². The maximum absolute atomic E-state index is 6.61. The van der Waals surface area contributed by atoms with Crippen LogP contribution in [-0.2, 0) is 6.54 Å². The van der Waals surface area contributed by atoms with E-state index in [0.717, 1.165) is 36.7 Å². The summed E-state index contributed by atoms with van der Waals surface area (Å²) in [6.45, 7) is 3.96. The molecule has 1 aliphatic heterocycles. The van der Waals surface area contributed by atoms with E-state index in [2.05, 4.69) is 53.5 Å². The molecule has 1 aliphatic carbocycles. The van der Waals surface area contributed by atoms with Crippen molar-refractivity contribution in [3.05, 3.63) is 90.0 Å². The monoisotopic (exact) mass is 482 g/mol. The summed E-state index contributed by atoms with van der Waals surface area (Å²) in [7, 11) is 0. The molecule has 2 aliphatic rings. The Balaban J connectivity index is 1.31. The van der Waals surface area contributed by atoms with Gasteiger partial charge in [0.2, 0.25) is 0 Å². The van der Waals surface area contributed by atoms with E-state index in [-0.39, 0.29) is 0 Å². The van der Waals surface area contributed by atoms with Crippen LogP contribution in [0.3, 0.4) is 0 Å². The van der Waals surface area contributed by atoms with Crippen molar-refractivity contribution in [1.29, 1.82) is 0 Å². The number of guanidine groups is 1. The van der Waals surface area contributed by atoms with Crippen LogP contribution in [0.1, 0.15) is 62.6 Å². The third-order valence-corrected chi connectivity index (χ3v) is 7.68. The first-order chi connectivity index (χ1) is 17.7. The fraction of sp³-hybridized carbons (Fsp3) is 0.387. The Morgan fingerprint density at radius 2 is 1.67 bits per heavy atom. The summed E-state index contributed by atoms with van der Waals surface area (Å²) in [5.41, 5.74) is 10.1. The van der Waals surface area contributed by atoms with Crippen LogP contribution in [0.15, 0.2) is 83.9 Å². The molecule has 36 heavy (non-hydrogen) atoms. The van der Waals surface area contributed by atoms with Gasteiger partial charge in [-0.25, -0.2) is 4.99 Å². The van der Waals surface area contributed by atoms with E-state index in [0.29, 0.717) is 24.0 Å². The average molecular weight is 483 g/mol. The third-order valence-electron chi connectivity index (χ3n) is 7.68. The van der Waals surface area contributed by atoms with Crippen LogP contribution in [0.25, 0.3) is 0 Å². The van der Waals surface area contributed by atoms with Gasteiger partial charge >= 0.3 is 0 Å². The number of fused-ring (bicyclic) bond motifs is 1.